The summed E-state index contributed by atoms with van der Waals surface area (Å²) in [6.07, 6.45) is 10.1. The lowest BCUT2D eigenvalue weighted by atomic mass is 9.98. The molecule has 0 saturated heterocycles. The lowest BCUT2D eigenvalue weighted by Gasteiger charge is -2.17. The van der Waals surface area contributed by atoms with Gasteiger partial charge in [-0.05, 0) is 60.0 Å². The molecule has 5 heteroatoms. The van der Waals surface area contributed by atoms with Crippen LogP contribution in [0.25, 0.3) is 93.8 Å². The zero-order valence-electron chi connectivity index (χ0n) is 25.6. The molecule has 10 rings (SSSR count). The Morgan fingerprint density at radius 1 is 0.604 bits per heavy atom. The zero-order chi connectivity index (χ0) is 31.8. The Morgan fingerprint density at radius 3 is 2.23 bits per heavy atom. The Bertz CT molecular complexity index is 2960. The van der Waals surface area contributed by atoms with Crippen molar-refractivity contribution in [2.75, 3.05) is 0 Å². The fourth-order valence-corrected chi connectivity index (χ4v) is 7.22. The van der Waals surface area contributed by atoms with Gasteiger partial charge in [-0.15, -0.1) is 6.42 Å². The Kier molecular flexibility index (Phi) is 5.57. The van der Waals surface area contributed by atoms with Gasteiger partial charge in [0.2, 0.25) is 0 Å². The van der Waals surface area contributed by atoms with Crippen molar-refractivity contribution in [3.05, 3.63) is 145 Å². The molecular formula is C43H24N4O. The van der Waals surface area contributed by atoms with Gasteiger partial charge in [0.25, 0.3) is 0 Å². The van der Waals surface area contributed by atoms with Crippen molar-refractivity contribution in [2.45, 2.75) is 0 Å². The molecule has 0 N–H and O–H groups in total. The van der Waals surface area contributed by atoms with Gasteiger partial charge in [-0.1, -0.05) is 78.7 Å². The standard InChI is InChI=1S/C43H24N4O/c1-2-28-31(42-41(27-11-10-22-44-25-27)45-35-15-5-6-16-36(35)46-42)14-9-18-37(28)47-38-17-7-3-12-29(38)32-21-20-26-23-34-30-13-4-8-19-39(30)48-40(34)24-33(26)43(32)47/h1,3-25H. The molecule has 0 bridgehead atoms. The molecule has 222 valence electrons. The predicted molar refractivity (Wildman–Crippen MR) is 195 cm³/mol. The molecule has 10 aromatic rings. The third-order valence-electron chi connectivity index (χ3n) is 9.34. The largest absolute Gasteiger partial charge is 0.456 e. The van der Waals surface area contributed by atoms with Crippen LogP contribution >= 0.6 is 0 Å². The van der Waals surface area contributed by atoms with E-state index in [0.29, 0.717) is 5.69 Å². The van der Waals surface area contributed by atoms with Crippen LogP contribution in [0.15, 0.2) is 144 Å². The van der Waals surface area contributed by atoms with E-state index in [1.165, 1.54) is 0 Å². The molecule has 0 aliphatic heterocycles. The molecule has 6 aromatic carbocycles. The number of rotatable bonds is 3. The Hall–Kier alpha value is -6.77. The van der Waals surface area contributed by atoms with Crippen LogP contribution in [0.1, 0.15) is 5.56 Å². The summed E-state index contributed by atoms with van der Waals surface area (Å²) in [6.45, 7) is 0. The van der Waals surface area contributed by atoms with Gasteiger partial charge < -0.3 is 8.98 Å². The molecule has 4 heterocycles. The van der Waals surface area contributed by atoms with Crippen molar-refractivity contribution in [3.63, 3.8) is 0 Å². The maximum atomic E-state index is 6.48. The van der Waals surface area contributed by atoms with Crippen molar-refractivity contribution in [3.8, 4) is 40.5 Å². The van der Waals surface area contributed by atoms with E-state index >= 15 is 0 Å². The average molecular weight is 613 g/mol. The molecule has 0 unspecified atom stereocenters. The number of furan rings is 1. The van der Waals surface area contributed by atoms with Gasteiger partial charge in [-0.2, -0.15) is 0 Å². The van der Waals surface area contributed by atoms with Crippen LogP contribution in [0.2, 0.25) is 0 Å². The van der Waals surface area contributed by atoms with Gasteiger partial charge in [-0.25, -0.2) is 9.97 Å². The summed E-state index contributed by atoms with van der Waals surface area (Å²) in [6, 6.07) is 43.6. The van der Waals surface area contributed by atoms with Gasteiger partial charge >= 0.3 is 0 Å². The molecule has 0 aliphatic carbocycles. The number of pyridine rings is 1. The van der Waals surface area contributed by atoms with Crippen LogP contribution in [0, 0.1) is 12.3 Å². The van der Waals surface area contributed by atoms with Crippen LogP contribution in [0.4, 0.5) is 0 Å². The third kappa shape index (κ3) is 3.78. The number of fused-ring (bicyclic) bond motifs is 9. The lowest BCUT2D eigenvalue weighted by molar-refractivity contribution is 0.669. The highest BCUT2D eigenvalue weighted by Gasteiger charge is 2.22. The summed E-state index contributed by atoms with van der Waals surface area (Å²) in [5, 5.41) is 6.72. The summed E-state index contributed by atoms with van der Waals surface area (Å²) in [4.78, 5) is 14.7. The molecule has 0 saturated carbocycles. The second-order valence-electron chi connectivity index (χ2n) is 12.0. The molecule has 0 amide bonds. The van der Waals surface area contributed by atoms with Crippen LogP contribution < -0.4 is 0 Å². The fraction of sp³-hybridized carbons (Fsp3) is 0. The Labute approximate surface area is 274 Å². The van der Waals surface area contributed by atoms with Gasteiger partial charge in [0.15, 0.2) is 0 Å². The first-order chi connectivity index (χ1) is 23.8. The summed E-state index contributed by atoms with van der Waals surface area (Å²) < 4.78 is 8.68. The molecule has 0 radical (unpaired) electrons. The quantitative estimate of drug-likeness (QED) is 0.186. The molecule has 5 nitrogen and oxygen atoms in total. The molecule has 4 aromatic heterocycles. The highest BCUT2D eigenvalue weighted by Crippen LogP contribution is 2.42. The van der Waals surface area contributed by atoms with Crippen molar-refractivity contribution < 1.29 is 4.42 Å². The maximum Gasteiger partial charge on any atom is 0.136 e. The van der Waals surface area contributed by atoms with E-state index in [0.717, 1.165) is 93.6 Å². The van der Waals surface area contributed by atoms with Gasteiger partial charge in [0, 0.05) is 50.5 Å². The number of terminal acetylenes is 1. The number of benzene rings is 6. The minimum Gasteiger partial charge on any atom is -0.456 e. The van der Waals surface area contributed by atoms with E-state index < -0.39 is 0 Å². The average Bonchev–Trinajstić information content (AvgIpc) is 3.68. The number of hydrogen-bond donors (Lipinski definition) is 0. The highest BCUT2D eigenvalue weighted by atomic mass is 16.3. The normalized spacial score (nSPS) is 11.7. The van der Waals surface area contributed by atoms with E-state index in [4.69, 9.17) is 20.8 Å². The molecule has 0 aliphatic rings. The fourth-order valence-electron chi connectivity index (χ4n) is 7.22. The number of nitrogens with zero attached hydrogens (tertiary/aromatic N) is 4. The van der Waals surface area contributed by atoms with Crippen molar-refractivity contribution in [1.82, 2.24) is 19.5 Å². The van der Waals surface area contributed by atoms with E-state index in [1.807, 2.05) is 60.8 Å². The molecular weight excluding hydrogens is 589 g/mol. The first-order valence-corrected chi connectivity index (χ1v) is 15.8. The molecule has 0 fully saturated rings. The first kappa shape index (κ1) is 26.4. The zero-order valence-corrected chi connectivity index (χ0v) is 25.6. The predicted octanol–water partition coefficient (Wildman–Crippen LogP) is 10.5. The van der Waals surface area contributed by atoms with Crippen molar-refractivity contribution >= 4 is 65.6 Å². The smallest absolute Gasteiger partial charge is 0.136 e. The molecule has 48 heavy (non-hydrogen) atoms. The monoisotopic (exact) mass is 612 g/mol. The van der Waals surface area contributed by atoms with Gasteiger partial charge in [0.1, 0.15) is 11.2 Å². The number of para-hydroxylation sites is 4. The minimum atomic E-state index is 0.714. The van der Waals surface area contributed by atoms with E-state index in [2.05, 4.69) is 88.3 Å². The first-order valence-electron chi connectivity index (χ1n) is 15.8. The summed E-state index contributed by atoms with van der Waals surface area (Å²) in [7, 11) is 0. The van der Waals surface area contributed by atoms with Gasteiger partial charge in [-0.3, -0.25) is 4.98 Å². The van der Waals surface area contributed by atoms with E-state index in [9.17, 15) is 0 Å². The maximum absolute atomic E-state index is 6.48. The number of aromatic nitrogens is 4. The Morgan fingerprint density at radius 2 is 1.40 bits per heavy atom. The Balaban J connectivity index is 1.31. The summed E-state index contributed by atoms with van der Waals surface area (Å²) in [5.74, 6) is 3.08. The van der Waals surface area contributed by atoms with Crippen LogP contribution in [-0.2, 0) is 0 Å². The number of hydrogen-bond acceptors (Lipinski definition) is 4. The van der Waals surface area contributed by atoms with E-state index in [1.54, 1.807) is 6.20 Å². The SMILES string of the molecule is C#Cc1c(-c2nc3ccccc3nc2-c2cccnc2)cccc1-n1c2ccccc2c2ccc3cc4c(cc3c21)oc1ccccc14. The highest BCUT2D eigenvalue weighted by molar-refractivity contribution is 6.22. The second-order valence-corrected chi connectivity index (χ2v) is 12.0. The van der Waals surface area contributed by atoms with E-state index in [-0.39, 0.29) is 0 Å². The lowest BCUT2D eigenvalue weighted by Crippen LogP contribution is -2.02. The summed E-state index contributed by atoms with van der Waals surface area (Å²) >= 11 is 0. The van der Waals surface area contributed by atoms with Crippen LogP contribution in [-0.4, -0.2) is 19.5 Å². The van der Waals surface area contributed by atoms with Crippen LogP contribution in [0.5, 0.6) is 0 Å². The summed E-state index contributed by atoms with van der Waals surface area (Å²) in [5.41, 5.74) is 10.3. The molecule has 0 spiro atoms. The topological polar surface area (TPSA) is 56.7 Å². The molecule has 0 atom stereocenters. The van der Waals surface area contributed by atoms with Crippen LogP contribution in [0.3, 0.4) is 0 Å². The van der Waals surface area contributed by atoms with Crippen molar-refractivity contribution in [1.29, 1.82) is 0 Å². The second kappa shape index (κ2) is 10.1. The van der Waals surface area contributed by atoms with Gasteiger partial charge in [0.05, 0.1) is 44.7 Å². The third-order valence-corrected chi connectivity index (χ3v) is 9.34. The minimum absolute atomic E-state index is 0.714. The van der Waals surface area contributed by atoms with Crippen molar-refractivity contribution in [2.24, 2.45) is 0 Å².